The van der Waals surface area contributed by atoms with Crippen LogP contribution >= 0.6 is 23.2 Å². The van der Waals surface area contributed by atoms with E-state index in [4.69, 9.17) is 27.7 Å². The van der Waals surface area contributed by atoms with Crippen LogP contribution in [0.3, 0.4) is 0 Å². The molecule has 118 valence electrons. The number of carbonyl (C=O) groups is 1. The van der Waals surface area contributed by atoms with Crippen molar-refractivity contribution in [2.45, 2.75) is 33.2 Å². The molecule has 0 saturated carbocycles. The zero-order valence-corrected chi connectivity index (χ0v) is 14.5. The van der Waals surface area contributed by atoms with Gasteiger partial charge in [-0.05, 0) is 32.9 Å². The second kappa shape index (κ2) is 6.71. The molecule has 0 radical (unpaired) electrons. The summed E-state index contributed by atoms with van der Waals surface area (Å²) in [6.07, 6.45) is 0. The number of hydrogen-bond acceptors (Lipinski definition) is 3. The van der Waals surface area contributed by atoms with Gasteiger partial charge in [0.25, 0.3) is 0 Å². The second-order valence-corrected chi connectivity index (χ2v) is 6.17. The zero-order valence-electron chi connectivity index (χ0n) is 13.0. The van der Waals surface area contributed by atoms with Crippen molar-refractivity contribution in [2.24, 2.45) is 0 Å². The molecule has 0 N–H and O–H groups in total. The summed E-state index contributed by atoms with van der Waals surface area (Å²) >= 11 is 12.4. The van der Waals surface area contributed by atoms with E-state index in [9.17, 15) is 4.79 Å². The molecule has 0 bridgehead atoms. The number of likely N-dealkylation sites (N-methyl/N-ethyl adjacent to an activating group) is 1. The number of carbonyl (C=O) groups excluding carboxylic acids is 1. The number of amides is 1. The summed E-state index contributed by atoms with van der Waals surface area (Å²) in [4.78, 5) is 14.3. The van der Waals surface area contributed by atoms with Gasteiger partial charge in [0.1, 0.15) is 5.76 Å². The van der Waals surface area contributed by atoms with Crippen LogP contribution in [0.15, 0.2) is 22.7 Å². The first-order valence-electron chi connectivity index (χ1n) is 6.93. The molecule has 0 aliphatic carbocycles. The summed E-state index contributed by atoms with van der Waals surface area (Å²) in [6.45, 7) is 5.94. The fourth-order valence-corrected chi connectivity index (χ4v) is 3.15. The predicted molar refractivity (Wildman–Crippen MR) is 87.3 cm³/mol. The average molecular weight is 341 g/mol. The van der Waals surface area contributed by atoms with E-state index in [1.807, 2.05) is 13.8 Å². The Balaban J connectivity index is 2.20. The zero-order chi connectivity index (χ0) is 16.4. The number of aryl methyl sites for hydroxylation is 2. The molecule has 1 aromatic carbocycles. The van der Waals surface area contributed by atoms with Crippen LogP contribution in [0.5, 0.6) is 0 Å². The van der Waals surface area contributed by atoms with E-state index in [0.29, 0.717) is 22.2 Å². The van der Waals surface area contributed by atoms with Crippen molar-refractivity contribution >= 4 is 29.1 Å². The number of halogens is 2. The molecule has 1 heterocycles. The monoisotopic (exact) mass is 340 g/mol. The van der Waals surface area contributed by atoms with E-state index < -0.39 is 5.92 Å². The Morgan fingerprint density at radius 3 is 2.41 bits per heavy atom. The minimum atomic E-state index is -0.424. The third-order valence-corrected chi connectivity index (χ3v) is 4.42. The number of nitrogens with zero attached hydrogens (tertiary/aromatic N) is 2. The largest absolute Gasteiger partial charge is 0.361 e. The van der Waals surface area contributed by atoms with Crippen LogP contribution in [0, 0.1) is 13.8 Å². The third-order valence-electron chi connectivity index (χ3n) is 3.76. The van der Waals surface area contributed by atoms with E-state index in [1.165, 1.54) is 0 Å². The topological polar surface area (TPSA) is 46.3 Å². The first kappa shape index (κ1) is 16.8. The van der Waals surface area contributed by atoms with Crippen molar-refractivity contribution in [3.05, 3.63) is 50.8 Å². The average Bonchev–Trinajstić information content (AvgIpc) is 2.77. The van der Waals surface area contributed by atoms with Crippen molar-refractivity contribution < 1.29 is 9.32 Å². The van der Waals surface area contributed by atoms with Gasteiger partial charge in [0.15, 0.2) is 0 Å². The molecular weight excluding hydrogens is 323 g/mol. The van der Waals surface area contributed by atoms with E-state index in [2.05, 4.69) is 5.16 Å². The van der Waals surface area contributed by atoms with Crippen LogP contribution in [0.2, 0.25) is 10.0 Å². The van der Waals surface area contributed by atoms with Gasteiger partial charge in [-0.15, -0.1) is 0 Å². The SMILES string of the molecule is Cc1noc(C)c1CN(C)C(=O)[C@@H](C)c1c(Cl)cccc1Cl. The molecular formula is C16H18Cl2N2O2. The Morgan fingerprint density at radius 1 is 1.32 bits per heavy atom. The Morgan fingerprint density at radius 2 is 1.91 bits per heavy atom. The van der Waals surface area contributed by atoms with Gasteiger partial charge in [-0.1, -0.05) is 34.4 Å². The number of benzene rings is 1. The Bertz CT molecular complexity index is 658. The molecule has 0 aliphatic rings. The van der Waals surface area contributed by atoms with Crippen molar-refractivity contribution in [2.75, 3.05) is 7.05 Å². The molecule has 0 spiro atoms. The van der Waals surface area contributed by atoms with Crippen LogP contribution < -0.4 is 0 Å². The van der Waals surface area contributed by atoms with E-state index in [0.717, 1.165) is 17.0 Å². The lowest BCUT2D eigenvalue weighted by atomic mass is 9.99. The molecule has 0 unspecified atom stereocenters. The smallest absolute Gasteiger partial charge is 0.229 e. The second-order valence-electron chi connectivity index (χ2n) is 5.35. The van der Waals surface area contributed by atoms with Gasteiger partial charge >= 0.3 is 0 Å². The van der Waals surface area contributed by atoms with Crippen LogP contribution in [0.4, 0.5) is 0 Å². The van der Waals surface area contributed by atoms with Crippen LogP contribution in [-0.4, -0.2) is 23.0 Å². The quantitative estimate of drug-likeness (QED) is 0.830. The first-order valence-corrected chi connectivity index (χ1v) is 7.69. The van der Waals surface area contributed by atoms with E-state index >= 15 is 0 Å². The van der Waals surface area contributed by atoms with Crippen LogP contribution in [0.25, 0.3) is 0 Å². The van der Waals surface area contributed by atoms with Gasteiger partial charge in [0.05, 0.1) is 18.2 Å². The maximum absolute atomic E-state index is 12.7. The molecule has 6 heteroatoms. The highest BCUT2D eigenvalue weighted by atomic mass is 35.5. The summed E-state index contributed by atoms with van der Waals surface area (Å²) in [6, 6.07) is 5.24. The predicted octanol–water partition coefficient (Wildman–Crippen LogP) is 4.36. The Labute approximate surface area is 140 Å². The number of aromatic nitrogens is 1. The molecule has 0 saturated heterocycles. The molecule has 0 aliphatic heterocycles. The molecule has 1 atom stereocenters. The molecule has 1 aromatic heterocycles. The summed E-state index contributed by atoms with van der Waals surface area (Å²) in [5.74, 6) is 0.238. The highest BCUT2D eigenvalue weighted by Crippen LogP contribution is 2.32. The van der Waals surface area contributed by atoms with Gasteiger partial charge in [-0.2, -0.15) is 0 Å². The van der Waals surface area contributed by atoms with Gasteiger partial charge in [-0.25, -0.2) is 0 Å². The Hall–Kier alpha value is -1.52. The van der Waals surface area contributed by atoms with Gasteiger partial charge in [-0.3, -0.25) is 4.79 Å². The molecule has 4 nitrogen and oxygen atoms in total. The molecule has 0 fully saturated rings. The maximum atomic E-state index is 12.7. The van der Waals surface area contributed by atoms with E-state index in [-0.39, 0.29) is 5.91 Å². The van der Waals surface area contributed by atoms with Gasteiger partial charge < -0.3 is 9.42 Å². The third kappa shape index (κ3) is 3.28. The van der Waals surface area contributed by atoms with E-state index in [1.54, 1.807) is 37.1 Å². The minimum absolute atomic E-state index is 0.0602. The number of hydrogen-bond donors (Lipinski definition) is 0. The lowest BCUT2D eigenvalue weighted by Gasteiger charge is -2.22. The number of rotatable bonds is 4. The highest BCUT2D eigenvalue weighted by molar-refractivity contribution is 6.36. The lowest BCUT2D eigenvalue weighted by molar-refractivity contribution is -0.131. The summed E-state index contributed by atoms with van der Waals surface area (Å²) < 4.78 is 5.13. The molecule has 22 heavy (non-hydrogen) atoms. The first-order chi connectivity index (χ1) is 10.3. The molecule has 2 rings (SSSR count). The van der Waals surface area contributed by atoms with Crippen molar-refractivity contribution in [3.63, 3.8) is 0 Å². The Kier molecular flexibility index (Phi) is 5.14. The lowest BCUT2D eigenvalue weighted by Crippen LogP contribution is -2.30. The fraction of sp³-hybridized carbons (Fsp3) is 0.375. The van der Waals surface area contributed by atoms with Crippen LogP contribution in [-0.2, 0) is 11.3 Å². The summed E-state index contributed by atoms with van der Waals surface area (Å²) in [7, 11) is 1.75. The highest BCUT2D eigenvalue weighted by Gasteiger charge is 2.25. The fourth-order valence-electron chi connectivity index (χ4n) is 2.42. The standard InChI is InChI=1S/C16H18Cl2N2O2/c1-9(15-13(17)6-5-7-14(15)18)16(21)20(4)8-12-10(2)19-22-11(12)3/h5-7,9H,8H2,1-4H3/t9-/m0/s1. The normalized spacial score (nSPS) is 12.3. The summed E-state index contributed by atoms with van der Waals surface area (Å²) in [5, 5.41) is 4.90. The van der Waals surface area contributed by atoms with Crippen molar-refractivity contribution in [1.29, 1.82) is 0 Å². The van der Waals surface area contributed by atoms with Crippen molar-refractivity contribution in [3.8, 4) is 0 Å². The van der Waals surface area contributed by atoms with Crippen molar-refractivity contribution in [1.82, 2.24) is 10.1 Å². The molecule has 1 amide bonds. The van der Waals surface area contributed by atoms with Gasteiger partial charge in [0, 0.05) is 28.2 Å². The maximum Gasteiger partial charge on any atom is 0.229 e. The van der Waals surface area contributed by atoms with Gasteiger partial charge in [0.2, 0.25) is 5.91 Å². The molecule has 2 aromatic rings. The minimum Gasteiger partial charge on any atom is -0.361 e. The summed E-state index contributed by atoms with van der Waals surface area (Å²) in [5.41, 5.74) is 2.37. The van der Waals surface area contributed by atoms with Crippen LogP contribution in [0.1, 0.15) is 35.4 Å².